The van der Waals surface area contributed by atoms with Crippen molar-refractivity contribution in [1.29, 1.82) is 0 Å². The van der Waals surface area contributed by atoms with Gasteiger partial charge in [0.1, 0.15) is 18.6 Å². The Kier molecular flexibility index (Phi) is 4.87. The Morgan fingerprint density at radius 2 is 2.07 bits per heavy atom. The van der Waals surface area contributed by atoms with Gasteiger partial charge in [0.05, 0.1) is 24.4 Å². The third-order valence-corrected chi connectivity index (χ3v) is 5.46. The maximum absolute atomic E-state index is 13.0. The average Bonchev–Trinajstić information content (AvgIpc) is 3.17. The Hall–Kier alpha value is -2.77. The lowest BCUT2D eigenvalue weighted by Crippen LogP contribution is -2.68. The number of rotatable bonds is 5. The Balaban J connectivity index is 1.49. The number of ether oxygens (including phenoxy) is 1. The first-order chi connectivity index (χ1) is 13.2. The molecule has 8 heteroatoms. The van der Waals surface area contributed by atoms with Crippen molar-refractivity contribution in [3.8, 4) is 5.75 Å². The summed E-state index contributed by atoms with van der Waals surface area (Å²) in [6, 6.07) is 7.59. The SMILES string of the molecule is CCOc1ccccc1NC(=O)CN1C(=O)C2NN=CN2C2CCCCC21. The van der Waals surface area contributed by atoms with E-state index in [1.54, 1.807) is 17.3 Å². The molecule has 0 aromatic heterocycles. The Morgan fingerprint density at radius 1 is 1.30 bits per heavy atom. The number of piperazine rings is 1. The number of anilines is 1. The number of para-hydroxylation sites is 2. The van der Waals surface area contributed by atoms with Crippen LogP contribution in [0, 0.1) is 0 Å². The Bertz CT molecular complexity index is 753. The fourth-order valence-electron chi connectivity index (χ4n) is 4.28. The summed E-state index contributed by atoms with van der Waals surface area (Å²) in [7, 11) is 0. The predicted molar refractivity (Wildman–Crippen MR) is 101 cm³/mol. The molecule has 2 amide bonds. The number of nitrogens with zero attached hydrogens (tertiary/aromatic N) is 3. The van der Waals surface area contributed by atoms with Crippen molar-refractivity contribution in [1.82, 2.24) is 15.2 Å². The third-order valence-electron chi connectivity index (χ3n) is 5.46. The lowest BCUT2D eigenvalue weighted by Gasteiger charge is -2.50. The molecule has 3 atom stereocenters. The second kappa shape index (κ2) is 7.46. The van der Waals surface area contributed by atoms with Crippen LogP contribution in [0.1, 0.15) is 32.6 Å². The molecular formula is C19H25N5O3. The molecule has 8 nitrogen and oxygen atoms in total. The molecule has 1 aliphatic carbocycles. The van der Waals surface area contributed by atoms with Gasteiger partial charge in [0, 0.05) is 0 Å². The molecule has 0 radical (unpaired) electrons. The van der Waals surface area contributed by atoms with Gasteiger partial charge >= 0.3 is 0 Å². The number of hydrazone groups is 1. The van der Waals surface area contributed by atoms with Gasteiger partial charge in [-0.25, -0.2) is 0 Å². The highest BCUT2D eigenvalue weighted by Gasteiger charge is 2.48. The Morgan fingerprint density at radius 3 is 2.89 bits per heavy atom. The summed E-state index contributed by atoms with van der Waals surface area (Å²) >= 11 is 0. The van der Waals surface area contributed by atoms with Crippen LogP contribution in [0.3, 0.4) is 0 Å². The topological polar surface area (TPSA) is 86.3 Å². The predicted octanol–water partition coefficient (Wildman–Crippen LogP) is 1.35. The van der Waals surface area contributed by atoms with Crippen LogP contribution in [0.5, 0.6) is 5.75 Å². The monoisotopic (exact) mass is 371 g/mol. The smallest absolute Gasteiger partial charge is 0.268 e. The third kappa shape index (κ3) is 3.31. The quantitative estimate of drug-likeness (QED) is 0.816. The summed E-state index contributed by atoms with van der Waals surface area (Å²) in [6.07, 6.45) is 5.36. The summed E-state index contributed by atoms with van der Waals surface area (Å²) < 4.78 is 5.56. The van der Waals surface area contributed by atoms with Crippen molar-refractivity contribution < 1.29 is 14.3 Å². The molecular weight excluding hydrogens is 346 g/mol. The highest BCUT2D eigenvalue weighted by molar-refractivity contribution is 5.97. The maximum Gasteiger partial charge on any atom is 0.268 e. The molecule has 0 bridgehead atoms. The van der Waals surface area contributed by atoms with E-state index < -0.39 is 6.17 Å². The van der Waals surface area contributed by atoms with Crippen LogP contribution in [-0.2, 0) is 9.59 Å². The number of hydrogen-bond acceptors (Lipinski definition) is 6. The summed E-state index contributed by atoms with van der Waals surface area (Å²) in [4.78, 5) is 29.4. The molecule has 0 spiro atoms. The maximum atomic E-state index is 13.0. The van der Waals surface area contributed by atoms with E-state index in [2.05, 4.69) is 15.8 Å². The number of nitrogens with one attached hydrogen (secondary N) is 2. The zero-order chi connectivity index (χ0) is 18.8. The van der Waals surface area contributed by atoms with E-state index in [0.29, 0.717) is 18.0 Å². The van der Waals surface area contributed by atoms with E-state index in [-0.39, 0.29) is 30.4 Å². The van der Waals surface area contributed by atoms with Crippen molar-refractivity contribution in [2.75, 3.05) is 18.5 Å². The van der Waals surface area contributed by atoms with Crippen LogP contribution in [0.15, 0.2) is 29.4 Å². The first kappa shape index (κ1) is 17.6. The first-order valence-electron chi connectivity index (χ1n) is 9.57. The molecule has 1 aromatic rings. The van der Waals surface area contributed by atoms with Gasteiger partial charge in [0.15, 0.2) is 6.17 Å². The van der Waals surface area contributed by atoms with Gasteiger partial charge in [-0.05, 0) is 31.9 Å². The number of fused-ring (bicyclic) bond motifs is 3. The van der Waals surface area contributed by atoms with Crippen LogP contribution in [0.4, 0.5) is 5.69 Å². The van der Waals surface area contributed by atoms with Gasteiger partial charge in [-0.15, -0.1) is 0 Å². The number of amides is 2. The second-order valence-electron chi connectivity index (χ2n) is 7.09. The molecule has 3 unspecified atom stereocenters. The van der Waals surface area contributed by atoms with Crippen molar-refractivity contribution >= 4 is 23.8 Å². The lowest BCUT2D eigenvalue weighted by atomic mass is 9.85. The van der Waals surface area contributed by atoms with Crippen molar-refractivity contribution in [2.24, 2.45) is 5.10 Å². The van der Waals surface area contributed by atoms with Gasteiger partial charge in [-0.3, -0.25) is 15.0 Å². The standard InChI is InChI=1S/C19H25N5O3/c1-2-27-16-10-6-3-7-13(16)21-17(25)11-23-14-8-4-5-9-15(14)24-12-20-22-18(24)19(23)26/h3,6-7,10,12,14-15,18,22H,2,4-5,8-9,11H2,1H3,(H,21,25). The average molecular weight is 371 g/mol. The number of hydrogen-bond donors (Lipinski definition) is 2. The zero-order valence-electron chi connectivity index (χ0n) is 15.4. The first-order valence-corrected chi connectivity index (χ1v) is 9.57. The molecule has 4 rings (SSSR count). The molecule has 2 aliphatic heterocycles. The number of carbonyl (C=O) groups excluding carboxylic acids is 2. The van der Waals surface area contributed by atoms with E-state index in [1.165, 1.54) is 0 Å². The normalized spacial score (nSPS) is 26.3. The number of carbonyl (C=O) groups is 2. The minimum Gasteiger partial charge on any atom is -0.492 e. The van der Waals surface area contributed by atoms with E-state index in [1.807, 2.05) is 30.0 Å². The largest absolute Gasteiger partial charge is 0.492 e. The van der Waals surface area contributed by atoms with E-state index in [9.17, 15) is 9.59 Å². The number of benzene rings is 1. The summed E-state index contributed by atoms with van der Waals surface area (Å²) in [5.41, 5.74) is 3.50. The fourth-order valence-corrected chi connectivity index (χ4v) is 4.28. The Labute approximate surface area is 158 Å². The van der Waals surface area contributed by atoms with Crippen molar-refractivity contribution in [3.05, 3.63) is 24.3 Å². The molecule has 2 N–H and O–H groups in total. The molecule has 1 saturated heterocycles. The summed E-state index contributed by atoms with van der Waals surface area (Å²) in [5.74, 6) is 0.321. The van der Waals surface area contributed by atoms with Crippen LogP contribution in [0.2, 0.25) is 0 Å². The molecule has 1 aromatic carbocycles. The molecule has 3 aliphatic rings. The van der Waals surface area contributed by atoms with Gasteiger partial charge in [-0.2, -0.15) is 5.10 Å². The van der Waals surface area contributed by atoms with Gasteiger partial charge < -0.3 is 19.9 Å². The van der Waals surface area contributed by atoms with Crippen molar-refractivity contribution in [2.45, 2.75) is 50.9 Å². The van der Waals surface area contributed by atoms with Gasteiger partial charge in [0.2, 0.25) is 5.91 Å². The zero-order valence-corrected chi connectivity index (χ0v) is 15.4. The van der Waals surface area contributed by atoms with Crippen LogP contribution < -0.4 is 15.5 Å². The van der Waals surface area contributed by atoms with E-state index >= 15 is 0 Å². The molecule has 2 fully saturated rings. The molecule has 27 heavy (non-hydrogen) atoms. The molecule has 2 heterocycles. The molecule has 1 saturated carbocycles. The van der Waals surface area contributed by atoms with Gasteiger partial charge in [0.25, 0.3) is 5.91 Å². The second-order valence-corrected chi connectivity index (χ2v) is 7.09. The van der Waals surface area contributed by atoms with E-state index in [0.717, 1.165) is 25.7 Å². The van der Waals surface area contributed by atoms with Crippen LogP contribution in [-0.4, -0.2) is 59.4 Å². The van der Waals surface area contributed by atoms with Crippen LogP contribution in [0.25, 0.3) is 0 Å². The van der Waals surface area contributed by atoms with E-state index in [4.69, 9.17) is 4.74 Å². The van der Waals surface area contributed by atoms with Gasteiger partial charge in [-0.1, -0.05) is 25.0 Å². The molecule has 144 valence electrons. The highest BCUT2D eigenvalue weighted by Crippen LogP contribution is 2.33. The van der Waals surface area contributed by atoms with Crippen LogP contribution >= 0.6 is 0 Å². The lowest BCUT2D eigenvalue weighted by molar-refractivity contribution is -0.151. The minimum atomic E-state index is -0.493. The summed E-state index contributed by atoms with van der Waals surface area (Å²) in [6.45, 7) is 2.45. The highest BCUT2D eigenvalue weighted by atomic mass is 16.5. The fraction of sp³-hybridized carbons (Fsp3) is 0.526. The van der Waals surface area contributed by atoms with Crippen molar-refractivity contribution in [3.63, 3.8) is 0 Å². The minimum absolute atomic E-state index is 0.0342. The summed E-state index contributed by atoms with van der Waals surface area (Å²) in [5, 5.41) is 6.96.